The standard InChI is InChI=1S/C13H21NO2/c1-11-5-4-6-12(7-11)14(3)8-13(2,9-15)10-16/h4-7,15-16H,8-10H2,1-3H3. The van der Waals surface area contributed by atoms with Gasteiger partial charge in [-0.15, -0.1) is 0 Å². The number of aliphatic hydroxyl groups excluding tert-OH is 2. The molecule has 0 spiro atoms. The highest BCUT2D eigenvalue weighted by atomic mass is 16.3. The Morgan fingerprint density at radius 2 is 1.88 bits per heavy atom. The van der Waals surface area contributed by atoms with Crippen LogP contribution in [0.25, 0.3) is 0 Å². The molecule has 0 fully saturated rings. The maximum Gasteiger partial charge on any atom is 0.0523 e. The Balaban J connectivity index is 2.75. The van der Waals surface area contributed by atoms with Crippen LogP contribution in [0.5, 0.6) is 0 Å². The highest BCUT2D eigenvalue weighted by Crippen LogP contribution is 2.21. The molecule has 1 aromatic carbocycles. The molecule has 0 unspecified atom stereocenters. The van der Waals surface area contributed by atoms with Gasteiger partial charge in [-0.25, -0.2) is 0 Å². The first kappa shape index (κ1) is 13.0. The van der Waals surface area contributed by atoms with Gasteiger partial charge in [-0.3, -0.25) is 0 Å². The normalized spacial score (nSPS) is 11.6. The lowest BCUT2D eigenvalue weighted by atomic mass is 9.92. The SMILES string of the molecule is Cc1cccc(N(C)CC(C)(CO)CO)c1. The van der Waals surface area contributed by atoms with Gasteiger partial charge in [0, 0.05) is 24.7 Å². The topological polar surface area (TPSA) is 43.7 Å². The van der Waals surface area contributed by atoms with Crippen molar-refractivity contribution in [2.24, 2.45) is 5.41 Å². The zero-order valence-corrected chi connectivity index (χ0v) is 10.3. The van der Waals surface area contributed by atoms with Crippen LogP contribution in [0, 0.1) is 12.3 Å². The van der Waals surface area contributed by atoms with Crippen molar-refractivity contribution in [2.75, 3.05) is 31.7 Å². The van der Waals surface area contributed by atoms with Crippen LogP contribution in [0.3, 0.4) is 0 Å². The van der Waals surface area contributed by atoms with E-state index in [2.05, 4.69) is 24.0 Å². The smallest absolute Gasteiger partial charge is 0.0523 e. The molecule has 0 saturated carbocycles. The van der Waals surface area contributed by atoms with Crippen LogP contribution in [0.2, 0.25) is 0 Å². The molecule has 16 heavy (non-hydrogen) atoms. The van der Waals surface area contributed by atoms with Crippen LogP contribution < -0.4 is 4.90 Å². The van der Waals surface area contributed by atoms with E-state index in [1.165, 1.54) is 5.56 Å². The molecule has 0 saturated heterocycles. The minimum Gasteiger partial charge on any atom is -0.396 e. The number of rotatable bonds is 5. The van der Waals surface area contributed by atoms with Crippen LogP contribution in [0.1, 0.15) is 12.5 Å². The molecule has 0 aromatic heterocycles. The first-order valence-corrected chi connectivity index (χ1v) is 5.50. The van der Waals surface area contributed by atoms with Gasteiger partial charge in [0.2, 0.25) is 0 Å². The minimum atomic E-state index is -0.460. The van der Waals surface area contributed by atoms with Crippen molar-refractivity contribution in [3.8, 4) is 0 Å². The summed E-state index contributed by atoms with van der Waals surface area (Å²) in [7, 11) is 1.97. The maximum absolute atomic E-state index is 9.25. The molecule has 0 heterocycles. The number of aliphatic hydroxyl groups is 2. The fraction of sp³-hybridized carbons (Fsp3) is 0.538. The maximum atomic E-state index is 9.25. The molecule has 3 heteroatoms. The third kappa shape index (κ3) is 3.22. The molecule has 0 amide bonds. The van der Waals surface area contributed by atoms with Crippen molar-refractivity contribution < 1.29 is 10.2 Å². The quantitative estimate of drug-likeness (QED) is 0.793. The average molecular weight is 223 g/mol. The van der Waals surface area contributed by atoms with Crippen LogP contribution >= 0.6 is 0 Å². The molecule has 0 atom stereocenters. The number of anilines is 1. The van der Waals surface area contributed by atoms with Crippen LogP contribution in [0.4, 0.5) is 5.69 Å². The van der Waals surface area contributed by atoms with Crippen molar-refractivity contribution >= 4 is 5.69 Å². The van der Waals surface area contributed by atoms with Crippen molar-refractivity contribution in [3.63, 3.8) is 0 Å². The molecule has 0 bridgehead atoms. The molecule has 1 rings (SSSR count). The van der Waals surface area contributed by atoms with Crippen LogP contribution in [-0.2, 0) is 0 Å². The Morgan fingerprint density at radius 1 is 1.25 bits per heavy atom. The van der Waals surface area contributed by atoms with E-state index in [0.717, 1.165) is 5.69 Å². The second-order valence-corrected chi connectivity index (χ2v) is 4.82. The lowest BCUT2D eigenvalue weighted by Gasteiger charge is -2.31. The fourth-order valence-corrected chi connectivity index (χ4v) is 1.68. The summed E-state index contributed by atoms with van der Waals surface area (Å²) in [4.78, 5) is 2.05. The molecule has 2 N–H and O–H groups in total. The second-order valence-electron chi connectivity index (χ2n) is 4.82. The minimum absolute atomic E-state index is 0.0142. The monoisotopic (exact) mass is 223 g/mol. The highest BCUT2D eigenvalue weighted by Gasteiger charge is 2.24. The third-order valence-corrected chi connectivity index (χ3v) is 2.82. The Morgan fingerprint density at radius 3 is 2.38 bits per heavy atom. The van der Waals surface area contributed by atoms with Crippen molar-refractivity contribution in [2.45, 2.75) is 13.8 Å². The Bertz CT molecular complexity index is 334. The van der Waals surface area contributed by atoms with Gasteiger partial charge in [-0.1, -0.05) is 19.1 Å². The van der Waals surface area contributed by atoms with Crippen molar-refractivity contribution in [3.05, 3.63) is 29.8 Å². The molecule has 90 valence electrons. The van der Waals surface area contributed by atoms with E-state index < -0.39 is 5.41 Å². The van der Waals surface area contributed by atoms with Crippen molar-refractivity contribution in [1.29, 1.82) is 0 Å². The number of benzene rings is 1. The van der Waals surface area contributed by atoms with Gasteiger partial charge in [-0.2, -0.15) is 0 Å². The number of hydrogen-bond donors (Lipinski definition) is 2. The summed E-state index contributed by atoms with van der Waals surface area (Å²) >= 11 is 0. The number of hydrogen-bond acceptors (Lipinski definition) is 3. The Hall–Kier alpha value is -1.06. The Kier molecular flexibility index (Phi) is 4.33. The fourth-order valence-electron chi connectivity index (χ4n) is 1.68. The summed E-state index contributed by atoms with van der Waals surface area (Å²) in [6.45, 7) is 4.52. The summed E-state index contributed by atoms with van der Waals surface area (Å²) in [6.07, 6.45) is 0. The van der Waals surface area contributed by atoms with Crippen molar-refractivity contribution in [1.82, 2.24) is 0 Å². The lowest BCUT2D eigenvalue weighted by Crippen LogP contribution is -2.39. The van der Waals surface area contributed by atoms with Gasteiger partial charge < -0.3 is 15.1 Å². The van der Waals surface area contributed by atoms with Gasteiger partial charge in [0.15, 0.2) is 0 Å². The summed E-state index contributed by atoms with van der Waals surface area (Å²) < 4.78 is 0. The van der Waals surface area contributed by atoms with Gasteiger partial charge >= 0.3 is 0 Å². The van der Waals surface area contributed by atoms with E-state index >= 15 is 0 Å². The van der Waals surface area contributed by atoms with E-state index in [9.17, 15) is 10.2 Å². The number of aryl methyl sites for hydroxylation is 1. The molecule has 0 aliphatic heterocycles. The Labute approximate surface area is 97.3 Å². The van der Waals surface area contributed by atoms with E-state index in [-0.39, 0.29) is 13.2 Å². The molecular formula is C13H21NO2. The van der Waals surface area contributed by atoms with E-state index in [1.54, 1.807) is 0 Å². The second kappa shape index (κ2) is 5.32. The van der Waals surface area contributed by atoms with E-state index in [4.69, 9.17) is 0 Å². The zero-order valence-electron chi connectivity index (χ0n) is 10.3. The number of nitrogens with zero attached hydrogens (tertiary/aromatic N) is 1. The summed E-state index contributed by atoms with van der Waals surface area (Å²) in [5.74, 6) is 0. The van der Waals surface area contributed by atoms with Gasteiger partial charge in [0.05, 0.1) is 13.2 Å². The summed E-state index contributed by atoms with van der Waals surface area (Å²) in [5, 5.41) is 18.5. The third-order valence-electron chi connectivity index (χ3n) is 2.82. The first-order valence-electron chi connectivity index (χ1n) is 5.50. The van der Waals surface area contributed by atoms with E-state index in [0.29, 0.717) is 6.54 Å². The highest BCUT2D eigenvalue weighted by molar-refractivity contribution is 5.47. The lowest BCUT2D eigenvalue weighted by molar-refractivity contribution is 0.0763. The predicted molar refractivity (Wildman–Crippen MR) is 66.7 cm³/mol. The zero-order chi connectivity index (χ0) is 12.2. The molecule has 0 aliphatic rings. The average Bonchev–Trinajstić information content (AvgIpc) is 2.29. The molecule has 0 radical (unpaired) electrons. The van der Waals surface area contributed by atoms with Crippen LogP contribution in [-0.4, -0.2) is 37.0 Å². The van der Waals surface area contributed by atoms with E-state index in [1.807, 2.05) is 26.1 Å². The molecule has 3 nitrogen and oxygen atoms in total. The largest absolute Gasteiger partial charge is 0.396 e. The van der Waals surface area contributed by atoms with Gasteiger partial charge in [0.25, 0.3) is 0 Å². The first-order chi connectivity index (χ1) is 7.50. The summed E-state index contributed by atoms with van der Waals surface area (Å²) in [5.41, 5.74) is 1.85. The summed E-state index contributed by atoms with van der Waals surface area (Å²) in [6, 6.07) is 8.18. The van der Waals surface area contributed by atoms with Gasteiger partial charge in [0.1, 0.15) is 0 Å². The van der Waals surface area contributed by atoms with Crippen LogP contribution in [0.15, 0.2) is 24.3 Å². The predicted octanol–water partition coefficient (Wildman–Crippen LogP) is 1.42. The van der Waals surface area contributed by atoms with Gasteiger partial charge in [-0.05, 0) is 24.6 Å². The molecular weight excluding hydrogens is 202 g/mol. The molecule has 0 aliphatic carbocycles. The molecule has 1 aromatic rings.